The van der Waals surface area contributed by atoms with Gasteiger partial charge in [0.15, 0.2) is 0 Å². The normalized spacial score (nSPS) is 21.5. The number of halogens is 1. The molecule has 0 bridgehead atoms. The van der Waals surface area contributed by atoms with Crippen molar-refractivity contribution < 1.29 is 23.4 Å². The van der Waals surface area contributed by atoms with Gasteiger partial charge in [-0.25, -0.2) is 4.39 Å². The van der Waals surface area contributed by atoms with Crippen LogP contribution in [-0.2, 0) is 9.53 Å². The quantitative estimate of drug-likeness (QED) is 0.885. The average Bonchev–Trinajstić information content (AvgIpc) is 2.95. The van der Waals surface area contributed by atoms with Crippen LogP contribution in [0.1, 0.15) is 18.6 Å². The molecule has 1 N–H and O–H groups in total. The zero-order valence-electron chi connectivity index (χ0n) is 11.8. The van der Waals surface area contributed by atoms with Crippen LogP contribution in [0.4, 0.5) is 4.39 Å². The van der Waals surface area contributed by atoms with Crippen molar-refractivity contribution in [2.24, 2.45) is 0 Å². The summed E-state index contributed by atoms with van der Waals surface area (Å²) in [6.07, 6.45) is 0.412. The maximum absolute atomic E-state index is 13.0. The number of furan rings is 1. The number of aliphatic hydroxyl groups is 1. The summed E-state index contributed by atoms with van der Waals surface area (Å²) >= 11 is 0. The summed E-state index contributed by atoms with van der Waals surface area (Å²) in [5, 5.41) is 9.70. The first-order valence-electron chi connectivity index (χ1n) is 6.94. The Bertz CT molecular complexity index is 702. The van der Waals surface area contributed by atoms with Gasteiger partial charge >= 0.3 is 5.97 Å². The van der Waals surface area contributed by atoms with E-state index in [9.17, 15) is 14.3 Å². The van der Waals surface area contributed by atoms with Gasteiger partial charge in [-0.1, -0.05) is 18.7 Å². The monoisotopic (exact) mass is 302 g/mol. The molecule has 0 amide bonds. The molecule has 0 spiro atoms. The summed E-state index contributed by atoms with van der Waals surface area (Å²) < 4.78 is 23.7. The van der Waals surface area contributed by atoms with E-state index in [2.05, 4.69) is 6.58 Å². The zero-order chi connectivity index (χ0) is 15.7. The van der Waals surface area contributed by atoms with Crippen LogP contribution in [0.5, 0.6) is 0 Å². The number of carbonyl (C=O) groups is 1. The Morgan fingerprint density at radius 2 is 2.00 bits per heavy atom. The van der Waals surface area contributed by atoms with Gasteiger partial charge in [0.1, 0.15) is 17.7 Å². The van der Waals surface area contributed by atoms with Crippen molar-refractivity contribution in [3.63, 3.8) is 0 Å². The van der Waals surface area contributed by atoms with Gasteiger partial charge in [-0.05, 0) is 23.8 Å². The number of hydrogen-bond acceptors (Lipinski definition) is 4. The first kappa shape index (κ1) is 14.5. The number of ether oxygens (including phenoxy) is 1. The van der Waals surface area contributed by atoms with Crippen molar-refractivity contribution in [1.29, 1.82) is 0 Å². The second-order valence-electron chi connectivity index (χ2n) is 5.27. The molecule has 1 fully saturated rings. The van der Waals surface area contributed by atoms with Crippen molar-refractivity contribution in [1.82, 2.24) is 0 Å². The number of hydrogen-bond donors (Lipinski definition) is 1. The van der Waals surface area contributed by atoms with Crippen molar-refractivity contribution in [3.05, 3.63) is 54.8 Å². The number of rotatable bonds is 3. The van der Waals surface area contributed by atoms with Crippen LogP contribution < -0.4 is 0 Å². The highest BCUT2D eigenvalue weighted by molar-refractivity contribution is 5.81. The molecule has 2 aromatic rings. The number of benzene rings is 1. The lowest BCUT2D eigenvalue weighted by Crippen LogP contribution is -2.33. The summed E-state index contributed by atoms with van der Waals surface area (Å²) in [5.41, 5.74) is 1.99. The van der Waals surface area contributed by atoms with E-state index < -0.39 is 18.2 Å². The predicted molar refractivity (Wildman–Crippen MR) is 78.3 cm³/mol. The molecule has 0 aliphatic carbocycles. The molecule has 1 aromatic carbocycles. The van der Waals surface area contributed by atoms with Crippen LogP contribution in [0.15, 0.2) is 47.6 Å². The maximum atomic E-state index is 13.0. The molecule has 1 aromatic heterocycles. The third kappa shape index (κ3) is 2.80. The van der Waals surface area contributed by atoms with Gasteiger partial charge in [-0.3, -0.25) is 4.79 Å². The Balaban J connectivity index is 1.89. The zero-order valence-corrected chi connectivity index (χ0v) is 11.8. The second kappa shape index (κ2) is 5.77. The summed E-state index contributed by atoms with van der Waals surface area (Å²) in [4.78, 5) is 11.5. The van der Waals surface area contributed by atoms with Gasteiger partial charge < -0.3 is 14.3 Å². The summed E-state index contributed by atoms with van der Waals surface area (Å²) in [6, 6.07) is 7.74. The Labute approximate surface area is 126 Å². The van der Waals surface area contributed by atoms with Crippen molar-refractivity contribution in [2.75, 3.05) is 0 Å². The van der Waals surface area contributed by atoms with Crippen molar-refractivity contribution >= 4 is 11.5 Å². The average molecular weight is 302 g/mol. The third-order valence-electron chi connectivity index (χ3n) is 3.66. The van der Waals surface area contributed by atoms with E-state index in [4.69, 9.17) is 9.15 Å². The Morgan fingerprint density at radius 3 is 2.68 bits per heavy atom. The van der Waals surface area contributed by atoms with Crippen LogP contribution >= 0.6 is 0 Å². The Hall–Kier alpha value is -2.40. The first-order valence-corrected chi connectivity index (χ1v) is 6.94. The molecule has 4 nitrogen and oxygen atoms in total. The number of aliphatic hydroxyl groups excluding tert-OH is 1. The molecule has 22 heavy (non-hydrogen) atoms. The molecule has 2 unspecified atom stereocenters. The lowest BCUT2D eigenvalue weighted by atomic mass is 9.95. The van der Waals surface area contributed by atoms with Crippen LogP contribution in [-0.4, -0.2) is 23.3 Å². The van der Waals surface area contributed by atoms with Gasteiger partial charge in [-0.15, -0.1) is 0 Å². The molecule has 2 heterocycles. The van der Waals surface area contributed by atoms with E-state index in [-0.39, 0.29) is 18.7 Å². The van der Waals surface area contributed by atoms with E-state index in [1.165, 1.54) is 18.4 Å². The topological polar surface area (TPSA) is 59.7 Å². The van der Waals surface area contributed by atoms with E-state index >= 15 is 0 Å². The summed E-state index contributed by atoms with van der Waals surface area (Å²) in [5.74, 6) is -0.310. The molecule has 5 heteroatoms. The van der Waals surface area contributed by atoms with Gasteiger partial charge in [0.05, 0.1) is 18.8 Å². The lowest BCUT2D eigenvalue weighted by molar-refractivity contribution is -0.155. The Kier molecular flexibility index (Phi) is 3.81. The van der Waals surface area contributed by atoms with Gasteiger partial charge in [0.2, 0.25) is 0 Å². The molecule has 2 atom stereocenters. The number of esters is 1. The minimum absolute atomic E-state index is 0.00719. The highest BCUT2D eigenvalue weighted by Crippen LogP contribution is 2.34. The molecular weight excluding hydrogens is 287 g/mol. The van der Waals surface area contributed by atoms with Crippen LogP contribution in [0.25, 0.3) is 16.7 Å². The van der Waals surface area contributed by atoms with Gasteiger partial charge in [0, 0.05) is 17.6 Å². The van der Waals surface area contributed by atoms with E-state index in [1.54, 1.807) is 18.2 Å². The largest absolute Gasteiger partial charge is 0.464 e. The number of cyclic esters (lactones) is 1. The van der Waals surface area contributed by atoms with Crippen LogP contribution in [0.3, 0.4) is 0 Å². The number of carbonyl (C=O) groups excluding carboxylic acids is 1. The van der Waals surface area contributed by atoms with E-state index in [0.717, 1.165) is 11.1 Å². The minimum atomic E-state index is -0.743. The van der Waals surface area contributed by atoms with Gasteiger partial charge in [-0.2, -0.15) is 0 Å². The van der Waals surface area contributed by atoms with Gasteiger partial charge in [0.25, 0.3) is 0 Å². The fourth-order valence-electron chi connectivity index (χ4n) is 2.55. The predicted octanol–water partition coefficient (Wildman–Crippen LogP) is 3.17. The Morgan fingerprint density at radius 1 is 1.27 bits per heavy atom. The van der Waals surface area contributed by atoms with E-state index in [0.29, 0.717) is 11.3 Å². The summed E-state index contributed by atoms with van der Waals surface area (Å²) in [6.45, 7) is 3.94. The SMILES string of the molecule is C=C(c1occc1-c1ccc(F)cc1)C1CC(O)CC(=O)O1. The molecule has 1 aliphatic rings. The molecule has 1 aliphatic heterocycles. The molecule has 3 rings (SSSR count). The molecule has 1 saturated heterocycles. The van der Waals surface area contributed by atoms with Crippen LogP contribution in [0, 0.1) is 5.82 Å². The highest BCUT2D eigenvalue weighted by Gasteiger charge is 2.31. The fourth-order valence-corrected chi connectivity index (χ4v) is 2.55. The maximum Gasteiger partial charge on any atom is 0.309 e. The van der Waals surface area contributed by atoms with Crippen molar-refractivity contribution in [2.45, 2.75) is 25.0 Å². The minimum Gasteiger partial charge on any atom is -0.464 e. The van der Waals surface area contributed by atoms with E-state index in [1.807, 2.05) is 0 Å². The summed E-state index contributed by atoms with van der Waals surface area (Å²) in [7, 11) is 0. The second-order valence-corrected chi connectivity index (χ2v) is 5.27. The first-order chi connectivity index (χ1) is 10.5. The third-order valence-corrected chi connectivity index (χ3v) is 3.66. The smallest absolute Gasteiger partial charge is 0.309 e. The fraction of sp³-hybridized carbons (Fsp3) is 0.235. The molecule has 114 valence electrons. The highest BCUT2D eigenvalue weighted by atomic mass is 19.1. The molecule has 0 radical (unpaired) electrons. The van der Waals surface area contributed by atoms with Crippen molar-refractivity contribution in [3.8, 4) is 11.1 Å². The standard InChI is InChI=1S/C17H15FO4/c1-10(15-8-13(19)9-16(20)22-15)17-14(6-7-21-17)11-2-4-12(18)5-3-11/h2-7,13,15,19H,1,8-9H2. The van der Waals surface area contributed by atoms with Crippen LogP contribution in [0.2, 0.25) is 0 Å². The molecule has 0 saturated carbocycles. The molecular formula is C17H15FO4. The lowest BCUT2D eigenvalue weighted by Gasteiger charge is -2.27.